The number of ether oxygens (including phenoxy) is 1. The van der Waals surface area contributed by atoms with Crippen molar-refractivity contribution in [2.75, 3.05) is 6.61 Å². The van der Waals surface area contributed by atoms with Gasteiger partial charge in [0.2, 0.25) is 0 Å². The molecule has 0 spiro atoms. The first-order chi connectivity index (χ1) is 6.42. The van der Waals surface area contributed by atoms with Gasteiger partial charge in [-0.1, -0.05) is 0 Å². The SMILES string of the molecule is CCOC(=O)[C@@]1(N)C[C@H]1[C@@H]1CC1(F)F. The first-order valence-corrected chi connectivity index (χ1v) is 4.75. The maximum absolute atomic E-state index is 12.7. The lowest BCUT2D eigenvalue weighted by Gasteiger charge is -2.09. The molecule has 80 valence electrons. The van der Waals surface area contributed by atoms with E-state index in [0.717, 1.165) is 0 Å². The second-order valence-electron chi connectivity index (χ2n) is 4.14. The molecule has 3 atom stereocenters. The van der Waals surface area contributed by atoms with Gasteiger partial charge in [-0.05, 0) is 19.3 Å². The third-order valence-corrected chi connectivity index (χ3v) is 3.07. The smallest absolute Gasteiger partial charge is 0.326 e. The summed E-state index contributed by atoms with van der Waals surface area (Å²) >= 11 is 0. The number of hydrogen-bond donors (Lipinski definition) is 1. The number of nitrogens with two attached hydrogens (primary N) is 1. The summed E-state index contributed by atoms with van der Waals surface area (Å²) in [5.74, 6) is -4.21. The monoisotopic (exact) mass is 205 g/mol. The van der Waals surface area contributed by atoms with Crippen LogP contribution in [-0.4, -0.2) is 24.0 Å². The molecule has 2 rings (SSSR count). The number of rotatable bonds is 3. The molecule has 0 heterocycles. The number of alkyl halides is 2. The van der Waals surface area contributed by atoms with Crippen molar-refractivity contribution in [2.24, 2.45) is 17.6 Å². The Bertz CT molecular complexity index is 282. The number of carbonyl (C=O) groups is 1. The van der Waals surface area contributed by atoms with Crippen LogP contribution in [0, 0.1) is 11.8 Å². The molecule has 0 aromatic carbocycles. The summed E-state index contributed by atoms with van der Waals surface area (Å²) in [5.41, 5.74) is 4.55. The Hall–Kier alpha value is -0.710. The standard InChI is InChI=1S/C9H13F2NO2/c1-2-14-7(13)8(12)3-5(8)6-4-9(6,10)11/h5-6H,2-4,12H2,1H3/t5-,6-,8+/m0/s1. The van der Waals surface area contributed by atoms with Gasteiger partial charge in [0.05, 0.1) is 6.61 Å². The molecule has 0 bridgehead atoms. The Morgan fingerprint density at radius 2 is 2.07 bits per heavy atom. The molecule has 0 amide bonds. The minimum absolute atomic E-state index is 0.129. The van der Waals surface area contributed by atoms with Gasteiger partial charge in [-0.2, -0.15) is 0 Å². The van der Waals surface area contributed by atoms with Crippen LogP contribution in [0.3, 0.4) is 0 Å². The molecule has 3 nitrogen and oxygen atoms in total. The topological polar surface area (TPSA) is 52.3 Å². The second kappa shape index (κ2) is 2.66. The zero-order valence-electron chi connectivity index (χ0n) is 7.93. The molecule has 2 saturated carbocycles. The molecule has 2 N–H and O–H groups in total. The van der Waals surface area contributed by atoms with E-state index in [9.17, 15) is 13.6 Å². The second-order valence-corrected chi connectivity index (χ2v) is 4.14. The molecule has 0 aromatic rings. The average molecular weight is 205 g/mol. The molecule has 14 heavy (non-hydrogen) atoms. The van der Waals surface area contributed by atoms with Gasteiger partial charge in [-0.3, -0.25) is 4.79 Å². The summed E-state index contributed by atoms with van der Waals surface area (Å²) in [5, 5.41) is 0. The van der Waals surface area contributed by atoms with Crippen molar-refractivity contribution in [1.29, 1.82) is 0 Å². The Labute approximate surface area is 80.6 Å². The van der Waals surface area contributed by atoms with Crippen LogP contribution in [0.5, 0.6) is 0 Å². The molecule has 2 aliphatic carbocycles. The first-order valence-electron chi connectivity index (χ1n) is 4.75. The average Bonchev–Trinajstić information content (AvgIpc) is 2.91. The van der Waals surface area contributed by atoms with Crippen LogP contribution in [0.4, 0.5) is 8.78 Å². The zero-order chi connectivity index (χ0) is 10.6. The number of carbonyl (C=O) groups excluding carboxylic acids is 1. The lowest BCUT2D eigenvalue weighted by atomic mass is 10.1. The van der Waals surface area contributed by atoms with Crippen molar-refractivity contribution >= 4 is 5.97 Å². The normalized spacial score (nSPS) is 43.1. The number of hydrogen-bond acceptors (Lipinski definition) is 3. The van der Waals surface area contributed by atoms with Gasteiger partial charge in [0, 0.05) is 12.3 Å². The summed E-state index contributed by atoms with van der Waals surface area (Å²) < 4.78 is 30.1. The van der Waals surface area contributed by atoms with Crippen LogP contribution in [-0.2, 0) is 9.53 Å². The lowest BCUT2D eigenvalue weighted by molar-refractivity contribution is -0.146. The molecule has 0 saturated heterocycles. The fourth-order valence-corrected chi connectivity index (χ4v) is 1.98. The van der Waals surface area contributed by atoms with Crippen LogP contribution in [0.2, 0.25) is 0 Å². The van der Waals surface area contributed by atoms with Crippen molar-refractivity contribution in [3.05, 3.63) is 0 Å². The van der Waals surface area contributed by atoms with Crippen molar-refractivity contribution in [3.8, 4) is 0 Å². The summed E-state index contributed by atoms with van der Waals surface area (Å²) in [6, 6.07) is 0. The number of halogens is 2. The highest BCUT2D eigenvalue weighted by atomic mass is 19.3. The van der Waals surface area contributed by atoms with Crippen molar-refractivity contribution < 1.29 is 18.3 Å². The summed E-state index contributed by atoms with van der Waals surface area (Å²) in [4.78, 5) is 11.3. The molecule has 2 aliphatic rings. The van der Waals surface area contributed by atoms with E-state index < -0.39 is 23.3 Å². The van der Waals surface area contributed by atoms with E-state index in [1.807, 2.05) is 0 Å². The van der Waals surface area contributed by atoms with Gasteiger partial charge in [0.25, 0.3) is 5.92 Å². The van der Waals surface area contributed by atoms with Gasteiger partial charge in [-0.15, -0.1) is 0 Å². The van der Waals surface area contributed by atoms with Gasteiger partial charge in [0.15, 0.2) is 0 Å². The number of esters is 1. The summed E-state index contributed by atoms with van der Waals surface area (Å²) in [7, 11) is 0. The van der Waals surface area contributed by atoms with Crippen molar-refractivity contribution in [1.82, 2.24) is 0 Å². The zero-order valence-corrected chi connectivity index (χ0v) is 7.93. The lowest BCUT2D eigenvalue weighted by Crippen LogP contribution is -2.37. The largest absolute Gasteiger partial charge is 0.465 e. The molecular formula is C9H13F2NO2. The fourth-order valence-electron chi connectivity index (χ4n) is 1.98. The minimum Gasteiger partial charge on any atom is -0.465 e. The van der Waals surface area contributed by atoms with Crippen LogP contribution in [0.25, 0.3) is 0 Å². The van der Waals surface area contributed by atoms with Crippen LogP contribution < -0.4 is 5.73 Å². The predicted molar refractivity (Wildman–Crippen MR) is 44.7 cm³/mol. The quantitative estimate of drug-likeness (QED) is 0.697. The third-order valence-electron chi connectivity index (χ3n) is 3.07. The van der Waals surface area contributed by atoms with Crippen LogP contribution in [0.15, 0.2) is 0 Å². The molecular weight excluding hydrogens is 192 g/mol. The molecule has 0 unspecified atom stereocenters. The van der Waals surface area contributed by atoms with Crippen molar-refractivity contribution in [3.63, 3.8) is 0 Å². The Morgan fingerprint density at radius 1 is 1.50 bits per heavy atom. The highest BCUT2D eigenvalue weighted by Gasteiger charge is 2.73. The van der Waals surface area contributed by atoms with Crippen molar-refractivity contribution in [2.45, 2.75) is 31.2 Å². The highest BCUT2D eigenvalue weighted by Crippen LogP contribution is 2.63. The first kappa shape index (κ1) is 9.83. The summed E-state index contributed by atoms with van der Waals surface area (Å²) in [6.07, 6.45) is 0.210. The predicted octanol–water partition coefficient (Wildman–Crippen LogP) is 0.922. The van der Waals surface area contributed by atoms with Gasteiger partial charge >= 0.3 is 5.97 Å². The van der Waals surface area contributed by atoms with E-state index in [1.165, 1.54) is 0 Å². The van der Waals surface area contributed by atoms with Crippen LogP contribution in [0.1, 0.15) is 19.8 Å². The van der Waals surface area contributed by atoms with Gasteiger partial charge in [-0.25, -0.2) is 8.78 Å². The fraction of sp³-hybridized carbons (Fsp3) is 0.889. The minimum atomic E-state index is -2.60. The summed E-state index contributed by atoms with van der Waals surface area (Å²) in [6.45, 7) is 1.91. The molecule has 0 radical (unpaired) electrons. The molecule has 0 aliphatic heterocycles. The molecule has 2 fully saturated rings. The van der Waals surface area contributed by atoms with E-state index >= 15 is 0 Å². The van der Waals surface area contributed by atoms with E-state index in [1.54, 1.807) is 6.92 Å². The maximum Gasteiger partial charge on any atom is 0.326 e. The Kier molecular flexibility index (Phi) is 1.86. The van der Waals surface area contributed by atoms with E-state index in [0.29, 0.717) is 6.42 Å². The van der Waals surface area contributed by atoms with Crippen LogP contribution >= 0.6 is 0 Å². The van der Waals surface area contributed by atoms with Gasteiger partial charge < -0.3 is 10.5 Å². The molecule has 0 aromatic heterocycles. The maximum atomic E-state index is 12.7. The van der Waals surface area contributed by atoms with Gasteiger partial charge in [0.1, 0.15) is 5.54 Å². The van der Waals surface area contributed by atoms with E-state index in [4.69, 9.17) is 10.5 Å². The third kappa shape index (κ3) is 1.30. The Morgan fingerprint density at radius 3 is 2.50 bits per heavy atom. The van der Waals surface area contributed by atoms with E-state index in [2.05, 4.69) is 0 Å². The van der Waals surface area contributed by atoms with E-state index in [-0.39, 0.29) is 18.9 Å². The highest BCUT2D eigenvalue weighted by molar-refractivity contribution is 5.85. The Balaban J connectivity index is 1.93. The molecule has 5 heteroatoms.